The van der Waals surface area contributed by atoms with Crippen molar-refractivity contribution in [2.24, 2.45) is 5.92 Å². The van der Waals surface area contributed by atoms with E-state index in [9.17, 15) is 4.79 Å². The van der Waals surface area contributed by atoms with Gasteiger partial charge in [0.2, 0.25) is 5.91 Å². The predicted octanol–water partition coefficient (Wildman–Crippen LogP) is 0.399. The summed E-state index contributed by atoms with van der Waals surface area (Å²) in [6.07, 6.45) is 1.53. The summed E-state index contributed by atoms with van der Waals surface area (Å²) in [7, 11) is 0. The largest absolute Gasteiger partial charge is 0.308 e. The van der Waals surface area contributed by atoms with Gasteiger partial charge in [0.25, 0.3) is 0 Å². The van der Waals surface area contributed by atoms with Crippen molar-refractivity contribution in [1.29, 1.82) is 0 Å². The van der Waals surface area contributed by atoms with E-state index >= 15 is 0 Å². The molecule has 5 nitrogen and oxygen atoms in total. The highest BCUT2D eigenvalue weighted by atomic mass is 16.1. The van der Waals surface area contributed by atoms with Crippen molar-refractivity contribution >= 4 is 11.7 Å². The molecule has 1 heterocycles. The van der Waals surface area contributed by atoms with Crippen LogP contribution in [-0.4, -0.2) is 21.3 Å². The van der Waals surface area contributed by atoms with E-state index in [2.05, 4.69) is 20.7 Å². The van der Waals surface area contributed by atoms with Crippen LogP contribution in [-0.2, 0) is 4.79 Å². The number of carbonyl (C=O) groups is 1. The zero-order chi connectivity index (χ0) is 8.27. The standard InChI is InChI=1S/C6H10N4O/c1-4(2)6(11)8-5-3-7-10-9-5/h3-4H,1-2H3,(H2,7,8,9,10,11). The van der Waals surface area contributed by atoms with Crippen molar-refractivity contribution in [3.05, 3.63) is 6.20 Å². The number of rotatable bonds is 2. The Kier molecular flexibility index (Phi) is 2.20. The van der Waals surface area contributed by atoms with Gasteiger partial charge in [0.1, 0.15) is 0 Å². The van der Waals surface area contributed by atoms with Crippen molar-refractivity contribution < 1.29 is 4.79 Å². The van der Waals surface area contributed by atoms with Crippen molar-refractivity contribution in [2.75, 3.05) is 5.32 Å². The van der Waals surface area contributed by atoms with Crippen LogP contribution >= 0.6 is 0 Å². The summed E-state index contributed by atoms with van der Waals surface area (Å²) < 4.78 is 0. The molecule has 1 aromatic heterocycles. The van der Waals surface area contributed by atoms with E-state index in [1.165, 1.54) is 6.20 Å². The Labute approximate surface area is 64.2 Å². The number of hydrogen-bond acceptors (Lipinski definition) is 3. The molecule has 0 bridgehead atoms. The topological polar surface area (TPSA) is 70.7 Å². The van der Waals surface area contributed by atoms with Crippen molar-refractivity contribution in [3.63, 3.8) is 0 Å². The van der Waals surface area contributed by atoms with E-state index in [0.717, 1.165) is 0 Å². The lowest BCUT2D eigenvalue weighted by Crippen LogP contribution is -2.17. The van der Waals surface area contributed by atoms with Gasteiger partial charge in [0, 0.05) is 5.92 Å². The number of H-pyrrole nitrogens is 1. The average molecular weight is 154 g/mol. The molecule has 0 aliphatic rings. The van der Waals surface area contributed by atoms with Gasteiger partial charge in [-0.2, -0.15) is 0 Å². The van der Waals surface area contributed by atoms with Crippen LogP contribution in [0.25, 0.3) is 0 Å². The summed E-state index contributed by atoms with van der Waals surface area (Å²) in [4.78, 5) is 11.0. The molecule has 5 heteroatoms. The third-order valence-electron chi connectivity index (χ3n) is 1.19. The highest BCUT2D eigenvalue weighted by Gasteiger charge is 2.07. The Morgan fingerprint density at radius 1 is 1.73 bits per heavy atom. The minimum absolute atomic E-state index is 0.0355. The minimum Gasteiger partial charge on any atom is -0.308 e. The SMILES string of the molecule is CC(C)C(=O)Nc1c[nH]nn1. The molecule has 2 N–H and O–H groups in total. The molecule has 0 fully saturated rings. The first-order valence-electron chi connectivity index (χ1n) is 3.37. The number of nitrogens with one attached hydrogen (secondary N) is 2. The van der Waals surface area contributed by atoms with Crippen LogP contribution in [0.4, 0.5) is 5.82 Å². The summed E-state index contributed by atoms with van der Waals surface area (Å²) in [5.74, 6) is 0.370. The van der Waals surface area contributed by atoms with E-state index < -0.39 is 0 Å². The van der Waals surface area contributed by atoms with Crippen LogP contribution in [0, 0.1) is 5.92 Å². The fourth-order valence-corrected chi connectivity index (χ4v) is 0.533. The molecule has 0 saturated carbocycles. The molecule has 0 aliphatic carbocycles. The van der Waals surface area contributed by atoms with Crippen molar-refractivity contribution in [2.45, 2.75) is 13.8 Å². The van der Waals surface area contributed by atoms with Gasteiger partial charge in [-0.25, -0.2) is 0 Å². The van der Waals surface area contributed by atoms with E-state index in [1.807, 2.05) is 13.8 Å². The molecule has 1 rings (SSSR count). The zero-order valence-corrected chi connectivity index (χ0v) is 6.46. The van der Waals surface area contributed by atoms with E-state index in [0.29, 0.717) is 5.82 Å². The molecule has 1 aromatic rings. The quantitative estimate of drug-likeness (QED) is 0.647. The summed E-state index contributed by atoms with van der Waals surface area (Å²) in [6.45, 7) is 3.63. The smallest absolute Gasteiger partial charge is 0.228 e. The fraction of sp³-hybridized carbons (Fsp3) is 0.500. The van der Waals surface area contributed by atoms with Gasteiger partial charge in [0.05, 0.1) is 6.20 Å². The lowest BCUT2D eigenvalue weighted by molar-refractivity contribution is -0.118. The maximum Gasteiger partial charge on any atom is 0.228 e. The number of carbonyl (C=O) groups excluding carboxylic acids is 1. The summed E-state index contributed by atoms with van der Waals surface area (Å²) in [6, 6.07) is 0. The second kappa shape index (κ2) is 3.14. The van der Waals surface area contributed by atoms with Crippen LogP contribution in [0.2, 0.25) is 0 Å². The first-order valence-corrected chi connectivity index (χ1v) is 3.37. The van der Waals surface area contributed by atoms with Crippen LogP contribution in [0.1, 0.15) is 13.8 Å². The number of anilines is 1. The molecule has 0 aromatic carbocycles. The van der Waals surface area contributed by atoms with Gasteiger partial charge in [-0.15, -0.1) is 5.10 Å². The molecular weight excluding hydrogens is 144 g/mol. The highest BCUT2D eigenvalue weighted by Crippen LogP contribution is 2.00. The first kappa shape index (κ1) is 7.71. The van der Waals surface area contributed by atoms with Gasteiger partial charge in [0.15, 0.2) is 5.82 Å². The van der Waals surface area contributed by atoms with E-state index in [-0.39, 0.29) is 11.8 Å². The Morgan fingerprint density at radius 3 is 2.91 bits per heavy atom. The molecule has 1 amide bonds. The van der Waals surface area contributed by atoms with Gasteiger partial charge >= 0.3 is 0 Å². The predicted molar refractivity (Wildman–Crippen MR) is 39.9 cm³/mol. The zero-order valence-electron chi connectivity index (χ0n) is 6.46. The molecule has 0 saturated heterocycles. The Balaban J connectivity index is 2.50. The van der Waals surface area contributed by atoms with Gasteiger partial charge in [-0.05, 0) is 0 Å². The summed E-state index contributed by atoms with van der Waals surface area (Å²) in [5, 5.41) is 12.1. The lowest BCUT2D eigenvalue weighted by Gasteiger charge is -2.02. The molecular formula is C6H10N4O. The highest BCUT2D eigenvalue weighted by molar-refractivity contribution is 5.90. The third kappa shape index (κ3) is 2.03. The summed E-state index contributed by atoms with van der Waals surface area (Å²) >= 11 is 0. The number of aromatic amines is 1. The maximum absolute atomic E-state index is 11.0. The fourth-order valence-electron chi connectivity index (χ4n) is 0.533. The first-order chi connectivity index (χ1) is 5.20. The van der Waals surface area contributed by atoms with Crippen molar-refractivity contribution in [3.8, 4) is 0 Å². The second-order valence-corrected chi connectivity index (χ2v) is 2.50. The van der Waals surface area contributed by atoms with Gasteiger partial charge in [-0.3, -0.25) is 9.89 Å². The normalized spacial score (nSPS) is 10.1. The van der Waals surface area contributed by atoms with Gasteiger partial charge in [-0.1, -0.05) is 19.1 Å². The third-order valence-corrected chi connectivity index (χ3v) is 1.19. The van der Waals surface area contributed by atoms with Gasteiger partial charge < -0.3 is 5.32 Å². The molecule has 0 spiro atoms. The molecule has 0 aliphatic heterocycles. The maximum atomic E-state index is 11.0. The molecule has 60 valence electrons. The number of nitrogens with zero attached hydrogens (tertiary/aromatic N) is 2. The molecule has 0 atom stereocenters. The average Bonchev–Trinajstić information content (AvgIpc) is 2.39. The van der Waals surface area contributed by atoms with Crippen LogP contribution in [0.3, 0.4) is 0 Å². The van der Waals surface area contributed by atoms with E-state index in [1.54, 1.807) is 0 Å². The number of aromatic nitrogens is 3. The Morgan fingerprint density at radius 2 is 2.45 bits per heavy atom. The second-order valence-electron chi connectivity index (χ2n) is 2.50. The van der Waals surface area contributed by atoms with Crippen molar-refractivity contribution in [1.82, 2.24) is 15.4 Å². The Bertz CT molecular complexity index is 229. The molecule has 0 radical (unpaired) electrons. The Hall–Kier alpha value is -1.39. The lowest BCUT2D eigenvalue weighted by atomic mass is 10.2. The molecule has 0 unspecified atom stereocenters. The van der Waals surface area contributed by atoms with Crippen LogP contribution in [0.5, 0.6) is 0 Å². The van der Waals surface area contributed by atoms with Crippen LogP contribution in [0.15, 0.2) is 6.20 Å². The van der Waals surface area contributed by atoms with Crippen LogP contribution < -0.4 is 5.32 Å². The number of amides is 1. The number of hydrogen-bond donors (Lipinski definition) is 2. The minimum atomic E-state index is -0.0566. The molecule has 11 heavy (non-hydrogen) atoms. The summed E-state index contributed by atoms with van der Waals surface area (Å²) in [5.41, 5.74) is 0. The monoisotopic (exact) mass is 154 g/mol. The van der Waals surface area contributed by atoms with E-state index in [4.69, 9.17) is 0 Å².